The van der Waals surface area contributed by atoms with Crippen LogP contribution in [0.1, 0.15) is 48.1 Å². The predicted molar refractivity (Wildman–Crippen MR) is 87.6 cm³/mol. The molecule has 2 bridgehead atoms. The topological polar surface area (TPSA) is 91.2 Å². The van der Waals surface area contributed by atoms with Crippen molar-refractivity contribution < 1.29 is 13.7 Å². The maximum Gasteiger partial charge on any atom is 0.344 e. The van der Waals surface area contributed by atoms with E-state index >= 15 is 0 Å². The summed E-state index contributed by atoms with van der Waals surface area (Å²) in [5.41, 5.74) is 0.606. The number of carbonyl (C=O) groups is 1. The van der Waals surface area contributed by atoms with Crippen molar-refractivity contribution in [3.8, 4) is 0 Å². The molecule has 3 heterocycles. The molecule has 0 spiro atoms. The molecule has 1 fully saturated rings. The van der Waals surface area contributed by atoms with Gasteiger partial charge in [-0.25, -0.2) is 14.8 Å². The minimum atomic E-state index is -1.34. The Labute approximate surface area is 140 Å². The van der Waals surface area contributed by atoms with Gasteiger partial charge >= 0.3 is 5.97 Å². The van der Waals surface area contributed by atoms with Crippen LogP contribution in [0, 0.1) is 6.92 Å². The zero-order valence-electron chi connectivity index (χ0n) is 13.4. The first kappa shape index (κ1) is 15.4. The molecule has 3 atom stereocenters. The first-order chi connectivity index (χ1) is 11.5. The van der Waals surface area contributed by atoms with Gasteiger partial charge in [0.25, 0.3) is 5.56 Å². The Kier molecular flexibility index (Phi) is 3.52. The number of pyridine rings is 1. The van der Waals surface area contributed by atoms with Gasteiger partial charge in [0, 0.05) is 11.6 Å². The lowest BCUT2D eigenvalue weighted by Gasteiger charge is -2.20. The number of carbonyl (C=O) groups excluding carboxylic acids is 1. The summed E-state index contributed by atoms with van der Waals surface area (Å²) >= 11 is 0. The second-order valence-electron chi connectivity index (χ2n) is 6.12. The number of aromatic nitrogens is 3. The average Bonchev–Trinajstić information content (AvgIpc) is 3.00. The van der Waals surface area contributed by atoms with Crippen molar-refractivity contribution in [3.63, 3.8) is 0 Å². The van der Waals surface area contributed by atoms with E-state index in [4.69, 9.17) is 4.74 Å². The SMILES string of the molecule is CCOC(=O)c1c(C)c2cnc3nc2n(c1=O)C1CCCC1S3=O. The first-order valence-corrected chi connectivity index (χ1v) is 9.25. The minimum Gasteiger partial charge on any atom is -0.462 e. The standard InChI is InChI=1S/C16H17N3O4S/c1-3-23-15(21)12-8(2)9-7-17-16-18-13(9)19(14(12)20)10-5-4-6-11(10)24(16)22/h7,10-11H,3-6H2,1-2H3. The van der Waals surface area contributed by atoms with E-state index < -0.39 is 22.3 Å². The maximum atomic E-state index is 13.1. The van der Waals surface area contributed by atoms with E-state index in [1.165, 1.54) is 0 Å². The normalized spacial score (nSPS) is 24.8. The lowest BCUT2D eigenvalue weighted by atomic mass is 10.1. The van der Waals surface area contributed by atoms with E-state index in [-0.39, 0.29) is 28.6 Å². The monoisotopic (exact) mass is 347 g/mol. The molecule has 0 saturated heterocycles. The quantitative estimate of drug-likeness (QED) is 0.604. The van der Waals surface area contributed by atoms with Gasteiger partial charge in [-0.1, -0.05) is 6.42 Å². The molecule has 2 aromatic rings. The minimum absolute atomic E-state index is 0.0269. The van der Waals surface area contributed by atoms with Crippen molar-refractivity contribution in [2.75, 3.05) is 6.61 Å². The molecule has 0 aromatic carbocycles. The molecule has 8 heteroatoms. The van der Waals surface area contributed by atoms with Gasteiger partial charge in [-0.05, 0) is 32.3 Å². The highest BCUT2D eigenvalue weighted by molar-refractivity contribution is 7.85. The van der Waals surface area contributed by atoms with Crippen molar-refractivity contribution in [2.24, 2.45) is 0 Å². The summed E-state index contributed by atoms with van der Waals surface area (Å²) in [5, 5.41) is 0.711. The zero-order valence-corrected chi connectivity index (χ0v) is 14.3. The van der Waals surface area contributed by atoms with Gasteiger partial charge in [-0.15, -0.1) is 0 Å². The van der Waals surface area contributed by atoms with Gasteiger partial charge in [0.1, 0.15) is 11.2 Å². The molecule has 0 radical (unpaired) electrons. The van der Waals surface area contributed by atoms with Gasteiger partial charge in [0.2, 0.25) is 5.16 Å². The highest BCUT2D eigenvalue weighted by Crippen LogP contribution is 2.38. The number of fused-ring (bicyclic) bond motifs is 3. The van der Waals surface area contributed by atoms with Crippen molar-refractivity contribution in [3.05, 3.63) is 27.7 Å². The van der Waals surface area contributed by atoms with Crippen LogP contribution in [0.25, 0.3) is 11.0 Å². The van der Waals surface area contributed by atoms with Crippen molar-refractivity contribution >= 4 is 27.8 Å². The molecule has 7 nitrogen and oxygen atoms in total. The van der Waals surface area contributed by atoms with Gasteiger partial charge in [0.15, 0.2) is 0 Å². The van der Waals surface area contributed by atoms with Crippen molar-refractivity contribution in [1.29, 1.82) is 0 Å². The van der Waals surface area contributed by atoms with E-state index in [0.717, 1.165) is 19.3 Å². The molecule has 2 aliphatic rings. The fraction of sp³-hybridized carbons (Fsp3) is 0.500. The van der Waals surface area contributed by atoms with Crippen LogP contribution in [-0.2, 0) is 15.5 Å². The van der Waals surface area contributed by atoms with Gasteiger partial charge in [-0.2, -0.15) is 0 Å². The third-order valence-electron chi connectivity index (χ3n) is 4.87. The molecule has 0 amide bonds. The molecule has 24 heavy (non-hydrogen) atoms. The molecule has 1 aliphatic carbocycles. The van der Waals surface area contributed by atoms with Gasteiger partial charge in [-0.3, -0.25) is 13.6 Å². The zero-order chi connectivity index (χ0) is 17.0. The molecule has 1 aliphatic heterocycles. The summed E-state index contributed by atoms with van der Waals surface area (Å²) in [4.78, 5) is 34.0. The molecule has 4 rings (SSSR count). The molecule has 1 saturated carbocycles. The number of rotatable bonds is 2. The van der Waals surface area contributed by atoms with Crippen LogP contribution >= 0.6 is 0 Å². The third kappa shape index (κ3) is 1.98. The number of esters is 1. The second kappa shape index (κ2) is 5.47. The van der Waals surface area contributed by atoms with Crippen LogP contribution in [0.15, 0.2) is 16.1 Å². The van der Waals surface area contributed by atoms with Crippen LogP contribution in [0.2, 0.25) is 0 Å². The predicted octanol–water partition coefficient (Wildman–Crippen LogP) is 1.49. The fourth-order valence-corrected chi connectivity index (χ4v) is 5.28. The molecular weight excluding hydrogens is 330 g/mol. The van der Waals surface area contributed by atoms with E-state index in [1.54, 1.807) is 24.6 Å². The van der Waals surface area contributed by atoms with E-state index in [2.05, 4.69) is 9.97 Å². The molecular formula is C16H17N3O4S. The molecule has 126 valence electrons. The maximum absolute atomic E-state index is 13.1. The smallest absolute Gasteiger partial charge is 0.344 e. The molecule has 0 N–H and O–H groups in total. The Morgan fingerprint density at radius 1 is 1.46 bits per heavy atom. The summed E-state index contributed by atoms with van der Waals surface area (Å²) in [5.74, 6) is -0.630. The van der Waals surface area contributed by atoms with Gasteiger partial charge in [0.05, 0.1) is 28.7 Å². The largest absolute Gasteiger partial charge is 0.462 e. The summed E-state index contributed by atoms with van der Waals surface area (Å²) < 4.78 is 19.4. The number of hydrogen-bond donors (Lipinski definition) is 0. The first-order valence-electron chi connectivity index (χ1n) is 8.04. The Hall–Kier alpha value is -2.09. The Morgan fingerprint density at radius 3 is 3.00 bits per heavy atom. The number of aryl methyl sites for hydroxylation is 1. The highest BCUT2D eigenvalue weighted by atomic mass is 32.2. The molecule has 3 unspecified atom stereocenters. The van der Waals surface area contributed by atoms with Crippen molar-refractivity contribution in [2.45, 2.75) is 49.6 Å². The Bertz CT molecular complexity index is 952. The number of ether oxygens (including phenoxy) is 1. The number of nitrogens with zero attached hydrogens (tertiary/aromatic N) is 3. The summed E-state index contributed by atoms with van der Waals surface area (Å²) in [6.07, 6.45) is 3.96. The van der Waals surface area contributed by atoms with E-state index in [1.807, 2.05) is 0 Å². The lowest BCUT2D eigenvalue weighted by Crippen LogP contribution is -2.34. The third-order valence-corrected chi connectivity index (χ3v) is 6.53. The molecule has 2 aromatic heterocycles. The van der Waals surface area contributed by atoms with Crippen LogP contribution in [0.4, 0.5) is 0 Å². The van der Waals surface area contributed by atoms with E-state index in [9.17, 15) is 13.8 Å². The van der Waals surface area contributed by atoms with E-state index in [0.29, 0.717) is 16.6 Å². The van der Waals surface area contributed by atoms with Gasteiger partial charge < -0.3 is 4.74 Å². The summed E-state index contributed by atoms with van der Waals surface area (Å²) in [7, 11) is -1.34. The second-order valence-corrected chi connectivity index (χ2v) is 7.69. The van der Waals surface area contributed by atoms with Crippen molar-refractivity contribution in [1.82, 2.24) is 14.5 Å². The Morgan fingerprint density at radius 2 is 2.25 bits per heavy atom. The number of hydrogen-bond acceptors (Lipinski definition) is 6. The summed E-state index contributed by atoms with van der Waals surface area (Å²) in [6.45, 7) is 3.60. The fourth-order valence-electron chi connectivity index (χ4n) is 3.75. The Balaban J connectivity index is 2.10. The highest BCUT2D eigenvalue weighted by Gasteiger charge is 2.40. The lowest BCUT2D eigenvalue weighted by molar-refractivity contribution is 0.0523. The van der Waals surface area contributed by atoms with Crippen LogP contribution in [-0.4, -0.2) is 36.6 Å². The van der Waals surface area contributed by atoms with Crippen LogP contribution < -0.4 is 5.56 Å². The van der Waals surface area contributed by atoms with Crippen LogP contribution in [0.3, 0.4) is 0 Å². The van der Waals surface area contributed by atoms with Crippen LogP contribution in [0.5, 0.6) is 0 Å². The summed E-state index contributed by atoms with van der Waals surface area (Å²) in [6, 6.07) is -0.219. The average molecular weight is 347 g/mol.